The number of hydrogen-bond acceptors (Lipinski definition) is 2. The summed E-state index contributed by atoms with van der Waals surface area (Å²) < 4.78 is 7.31. The zero-order chi connectivity index (χ0) is 18.4. The molecule has 136 valence electrons. The maximum atomic E-state index is 12.1. The van der Waals surface area contributed by atoms with E-state index in [1.54, 1.807) is 0 Å². The summed E-state index contributed by atoms with van der Waals surface area (Å²) in [6.07, 6.45) is 4.76. The summed E-state index contributed by atoms with van der Waals surface area (Å²) in [5.41, 5.74) is 0.695. The molecule has 4 heteroatoms. The Balaban J connectivity index is 2.82. The Kier molecular flexibility index (Phi) is 7.89. The van der Waals surface area contributed by atoms with Crippen LogP contribution in [-0.2, 0) is 14.6 Å². The van der Waals surface area contributed by atoms with Crippen molar-refractivity contribution in [3.05, 3.63) is 34.3 Å². The van der Waals surface area contributed by atoms with Gasteiger partial charge in [0.1, 0.15) is 6.29 Å². The molecule has 1 atom stereocenters. The Morgan fingerprint density at radius 2 is 1.79 bits per heavy atom. The fourth-order valence-electron chi connectivity index (χ4n) is 2.82. The van der Waals surface area contributed by atoms with E-state index in [9.17, 15) is 4.79 Å². The van der Waals surface area contributed by atoms with Crippen LogP contribution in [-0.4, -0.2) is 21.2 Å². The molecule has 24 heavy (non-hydrogen) atoms. The smallest absolute Gasteiger partial charge is 0.191 e. The van der Waals surface area contributed by atoms with Gasteiger partial charge in [-0.2, -0.15) is 0 Å². The van der Waals surface area contributed by atoms with E-state index in [0.717, 1.165) is 48.6 Å². The molecule has 0 aromatic heterocycles. The van der Waals surface area contributed by atoms with E-state index in [0.29, 0.717) is 0 Å². The highest BCUT2D eigenvalue weighted by atomic mass is 79.9. The van der Waals surface area contributed by atoms with Crippen LogP contribution in [0.5, 0.6) is 0 Å². The summed E-state index contributed by atoms with van der Waals surface area (Å²) in [6, 6.07) is 8.11. The molecule has 2 nitrogen and oxygen atoms in total. The van der Waals surface area contributed by atoms with E-state index >= 15 is 0 Å². The number of carbonyl (C=O) groups is 1. The van der Waals surface area contributed by atoms with Gasteiger partial charge in [0, 0.05) is 11.1 Å². The van der Waals surface area contributed by atoms with Gasteiger partial charge in [0.2, 0.25) is 0 Å². The number of rotatable bonds is 9. The van der Waals surface area contributed by atoms with Crippen molar-refractivity contribution in [3.63, 3.8) is 0 Å². The van der Waals surface area contributed by atoms with Crippen molar-refractivity contribution in [2.45, 2.75) is 76.9 Å². The number of benzene rings is 1. The highest BCUT2D eigenvalue weighted by Crippen LogP contribution is 2.39. The van der Waals surface area contributed by atoms with E-state index < -0.39 is 13.7 Å². The molecule has 0 saturated carbocycles. The first-order chi connectivity index (χ1) is 11.1. The number of aldehydes is 1. The predicted octanol–water partition coefficient (Wildman–Crippen LogP) is 6.49. The molecule has 0 radical (unpaired) electrons. The molecule has 0 aliphatic heterocycles. The average molecular weight is 413 g/mol. The predicted molar refractivity (Wildman–Crippen MR) is 109 cm³/mol. The molecule has 0 fully saturated rings. The Bertz CT molecular complexity index is 537. The third kappa shape index (κ3) is 5.27. The van der Waals surface area contributed by atoms with Gasteiger partial charge in [0.15, 0.2) is 8.32 Å². The van der Waals surface area contributed by atoms with Crippen molar-refractivity contribution in [2.24, 2.45) is 0 Å². The molecule has 1 unspecified atom stereocenters. The lowest BCUT2D eigenvalue weighted by Gasteiger charge is -2.36. The van der Waals surface area contributed by atoms with Gasteiger partial charge in [-0.15, -0.1) is 0 Å². The minimum Gasteiger partial charge on any atom is -0.417 e. The van der Waals surface area contributed by atoms with Crippen LogP contribution < -0.4 is 0 Å². The van der Waals surface area contributed by atoms with Gasteiger partial charge in [-0.3, -0.25) is 0 Å². The van der Waals surface area contributed by atoms with Gasteiger partial charge < -0.3 is 9.22 Å². The second kappa shape index (κ2) is 8.77. The van der Waals surface area contributed by atoms with Crippen molar-refractivity contribution >= 4 is 30.5 Å². The maximum absolute atomic E-state index is 12.1. The van der Waals surface area contributed by atoms with Gasteiger partial charge in [-0.05, 0) is 49.0 Å². The van der Waals surface area contributed by atoms with Crippen molar-refractivity contribution < 1.29 is 9.22 Å². The Labute approximate surface area is 157 Å². The molecule has 0 aliphatic carbocycles. The molecule has 1 aromatic rings. The second-order valence-electron chi connectivity index (χ2n) is 8.22. The van der Waals surface area contributed by atoms with E-state index in [1.165, 1.54) is 0 Å². The standard InChI is InChI=1S/C20H33BrO2Si/c1-7-13-20(16-22,17-11-8-9-12-18(17)21)14-10-15-23-24(5,6)19(2,3)4/h8-9,11-12,16H,7,10,13-15H2,1-6H3. The normalized spacial score (nSPS) is 15.1. The third-order valence-corrected chi connectivity index (χ3v) is 10.6. The molecular weight excluding hydrogens is 380 g/mol. The Morgan fingerprint density at radius 1 is 1.17 bits per heavy atom. The third-order valence-electron chi connectivity index (χ3n) is 5.37. The summed E-state index contributed by atoms with van der Waals surface area (Å²) in [7, 11) is -1.72. The van der Waals surface area contributed by atoms with E-state index in [-0.39, 0.29) is 5.04 Å². The van der Waals surface area contributed by atoms with Crippen molar-refractivity contribution in [1.29, 1.82) is 0 Å². The highest BCUT2D eigenvalue weighted by Gasteiger charge is 2.37. The van der Waals surface area contributed by atoms with Gasteiger partial charge >= 0.3 is 0 Å². The molecule has 1 aromatic carbocycles. The fourth-order valence-corrected chi connectivity index (χ4v) is 4.59. The van der Waals surface area contributed by atoms with Crippen LogP contribution in [0, 0.1) is 0 Å². The molecule has 0 saturated heterocycles. The first kappa shape index (κ1) is 21.6. The molecule has 0 aliphatic rings. The van der Waals surface area contributed by atoms with Crippen LogP contribution in [0.25, 0.3) is 0 Å². The molecule has 0 bridgehead atoms. The zero-order valence-electron chi connectivity index (χ0n) is 16.1. The van der Waals surface area contributed by atoms with Gasteiger partial charge in [-0.1, -0.05) is 68.2 Å². The second-order valence-corrected chi connectivity index (χ2v) is 13.9. The fraction of sp³-hybridized carbons (Fsp3) is 0.650. The topological polar surface area (TPSA) is 26.3 Å². The van der Waals surface area contributed by atoms with Crippen LogP contribution in [0.3, 0.4) is 0 Å². The minimum atomic E-state index is -1.72. The molecular formula is C20H33BrO2Si. The van der Waals surface area contributed by atoms with E-state index in [1.807, 2.05) is 18.2 Å². The molecule has 0 N–H and O–H groups in total. The maximum Gasteiger partial charge on any atom is 0.191 e. The van der Waals surface area contributed by atoms with Gasteiger partial charge in [-0.25, -0.2) is 0 Å². The summed E-state index contributed by atoms with van der Waals surface area (Å²) in [6.45, 7) is 14.2. The number of hydrogen-bond donors (Lipinski definition) is 0. The van der Waals surface area contributed by atoms with Crippen LogP contribution in [0.1, 0.15) is 58.9 Å². The lowest BCUT2D eigenvalue weighted by molar-refractivity contribution is -0.113. The summed E-state index contributed by atoms with van der Waals surface area (Å²) in [5.74, 6) is 0. The Hall–Kier alpha value is -0.453. The average Bonchev–Trinajstić information content (AvgIpc) is 2.50. The number of carbonyl (C=O) groups excluding carboxylic acids is 1. The molecule has 0 heterocycles. The van der Waals surface area contributed by atoms with Gasteiger partial charge in [0.05, 0.1) is 5.41 Å². The summed E-state index contributed by atoms with van der Waals surface area (Å²) >= 11 is 3.63. The number of halogens is 1. The highest BCUT2D eigenvalue weighted by molar-refractivity contribution is 9.10. The van der Waals surface area contributed by atoms with E-state index in [2.05, 4.69) is 62.8 Å². The zero-order valence-corrected chi connectivity index (χ0v) is 18.7. The SMILES string of the molecule is CCCC(C=O)(CCCO[Si](C)(C)C(C)(C)C)c1ccccc1Br. The summed E-state index contributed by atoms with van der Waals surface area (Å²) in [4.78, 5) is 12.1. The van der Waals surface area contributed by atoms with Crippen molar-refractivity contribution in [3.8, 4) is 0 Å². The van der Waals surface area contributed by atoms with Crippen molar-refractivity contribution in [1.82, 2.24) is 0 Å². The first-order valence-corrected chi connectivity index (χ1v) is 12.6. The van der Waals surface area contributed by atoms with Crippen molar-refractivity contribution in [2.75, 3.05) is 6.61 Å². The first-order valence-electron chi connectivity index (χ1n) is 8.95. The molecule has 0 amide bonds. The van der Waals surface area contributed by atoms with Crippen LogP contribution >= 0.6 is 15.9 Å². The lowest BCUT2D eigenvalue weighted by atomic mass is 9.74. The van der Waals surface area contributed by atoms with Crippen LogP contribution in [0.2, 0.25) is 18.1 Å². The van der Waals surface area contributed by atoms with Crippen LogP contribution in [0.15, 0.2) is 28.7 Å². The largest absolute Gasteiger partial charge is 0.417 e. The monoisotopic (exact) mass is 412 g/mol. The Morgan fingerprint density at radius 3 is 2.29 bits per heavy atom. The van der Waals surface area contributed by atoms with E-state index in [4.69, 9.17) is 4.43 Å². The molecule has 0 spiro atoms. The summed E-state index contributed by atoms with van der Waals surface area (Å²) in [5, 5.41) is 0.223. The quantitative estimate of drug-likeness (QED) is 0.263. The molecule has 1 rings (SSSR count). The van der Waals surface area contributed by atoms with Gasteiger partial charge in [0.25, 0.3) is 0 Å². The minimum absolute atomic E-state index is 0.223. The lowest BCUT2D eigenvalue weighted by Crippen LogP contribution is -2.41. The van der Waals surface area contributed by atoms with Crippen LogP contribution in [0.4, 0.5) is 0 Å².